The maximum atomic E-state index is 4.52. The number of aromatic nitrogens is 6. The Labute approximate surface area is 118 Å². The number of imidazole rings is 1. The van der Waals surface area contributed by atoms with Gasteiger partial charge in [0.2, 0.25) is 5.78 Å². The Hall–Kier alpha value is -1.76. The zero-order valence-electron chi connectivity index (χ0n) is 10.7. The van der Waals surface area contributed by atoms with Gasteiger partial charge < -0.3 is 0 Å². The summed E-state index contributed by atoms with van der Waals surface area (Å²) in [6, 6.07) is 2.04. The van der Waals surface area contributed by atoms with Crippen LogP contribution in [0.1, 0.15) is 22.8 Å². The van der Waals surface area contributed by atoms with Crippen LogP contribution in [0.5, 0.6) is 0 Å². The van der Waals surface area contributed by atoms with Crippen molar-refractivity contribution in [2.45, 2.75) is 25.7 Å². The second-order valence-corrected chi connectivity index (χ2v) is 5.04. The van der Waals surface area contributed by atoms with E-state index in [-0.39, 0.29) is 0 Å². The molecule has 3 rings (SSSR count). The van der Waals surface area contributed by atoms with Gasteiger partial charge in [-0.25, -0.2) is 14.6 Å². The third-order valence-electron chi connectivity index (χ3n) is 2.86. The largest absolute Gasteiger partial charge is 0.288 e. The predicted octanol–water partition coefficient (Wildman–Crippen LogP) is 1.88. The van der Waals surface area contributed by atoms with E-state index in [1.807, 2.05) is 36.7 Å². The fraction of sp³-hybridized carbons (Fsp3) is 0.333. The lowest BCUT2D eigenvalue weighted by Gasteiger charge is -1.98. The second-order valence-electron chi connectivity index (χ2n) is 4.48. The highest BCUT2D eigenvalue weighted by Crippen LogP contribution is 2.09. The first kappa shape index (κ1) is 12.3. The summed E-state index contributed by atoms with van der Waals surface area (Å²) < 4.78 is 3.77. The van der Waals surface area contributed by atoms with Gasteiger partial charge in [-0.05, 0) is 19.9 Å². The maximum Gasteiger partial charge on any atom is 0.234 e. The van der Waals surface area contributed by atoms with Crippen LogP contribution >= 0.6 is 15.9 Å². The van der Waals surface area contributed by atoms with E-state index in [9.17, 15) is 0 Å². The molecular formula is C12H13BrN6. The van der Waals surface area contributed by atoms with Crippen LogP contribution in [0.4, 0.5) is 0 Å². The van der Waals surface area contributed by atoms with Crippen LogP contribution in [-0.2, 0) is 11.9 Å². The monoisotopic (exact) mass is 320 g/mol. The van der Waals surface area contributed by atoms with Crippen LogP contribution in [0.3, 0.4) is 0 Å². The van der Waals surface area contributed by atoms with E-state index in [1.165, 1.54) is 0 Å². The molecule has 0 radical (unpaired) electrons. The standard InChI is InChI=1S/C12H13BrN6/c1-8-3-9(2)19-7-11(15-12(19)14-8)6-18-5-10(4-13)16-17-18/h3,5,7H,4,6H2,1-2H3. The molecule has 0 unspecified atom stereocenters. The van der Waals surface area contributed by atoms with Gasteiger partial charge in [-0.15, -0.1) is 5.10 Å². The lowest BCUT2D eigenvalue weighted by molar-refractivity contribution is 0.640. The number of nitrogens with zero attached hydrogens (tertiary/aromatic N) is 6. The summed E-state index contributed by atoms with van der Waals surface area (Å²) in [6.07, 6.45) is 3.90. The minimum Gasteiger partial charge on any atom is -0.288 e. The summed E-state index contributed by atoms with van der Waals surface area (Å²) in [5.41, 5.74) is 3.94. The van der Waals surface area contributed by atoms with Gasteiger partial charge in [-0.1, -0.05) is 21.1 Å². The zero-order valence-corrected chi connectivity index (χ0v) is 12.3. The first-order valence-electron chi connectivity index (χ1n) is 5.93. The van der Waals surface area contributed by atoms with E-state index in [0.29, 0.717) is 11.9 Å². The Morgan fingerprint density at radius 3 is 2.74 bits per heavy atom. The molecule has 0 aromatic carbocycles. The number of fused-ring (bicyclic) bond motifs is 1. The van der Waals surface area contributed by atoms with Crippen LogP contribution < -0.4 is 0 Å². The molecule has 19 heavy (non-hydrogen) atoms. The van der Waals surface area contributed by atoms with Crippen LogP contribution in [0.15, 0.2) is 18.5 Å². The molecule has 0 aliphatic rings. The molecule has 0 aliphatic carbocycles. The Morgan fingerprint density at radius 1 is 1.16 bits per heavy atom. The van der Waals surface area contributed by atoms with Crippen molar-refractivity contribution in [2.24, 2.45) is 0 Å². The molecular weight excluding hydrogens is 308 g/mol. The van der Waals surface area contributed by atoms with Gasteiger partial charge in [0.1, 0.15) is 0 Å². The van der Waals surface area contributed by atoms with Crippen LogP contribution in [0.25, 0.3) is 5.78 Å². The Balaban J connectivity index is 1.95. The Morgan fingerprint density at radius 2 is 2.00 bits per heavy atom. The number of halogens is 1. The predicted molar refractivity (Wildman–Crippen MR) is 74.2 cm³/mol. The molecule has 3 heterocycles. The van der Waals surface area contributed by atoms with Crippen molar-refractivity contribution in [1.82, 2.24) is 29.4 Å². The van der Waals surface area contributed by atoms with Crippen LogP contribution in [0.2, 0.25) is 0 Å². The number of hydrogen-bond donors (Lipinski definition) is 0. The minimum absolute atomic E-state index is 0.599. The van der Waals surface area contributed by atoms with Gasteiger partial charge in [0.05, 0.1) is 17.9 Å². The number of hydrogen-bond acceptors (Lipinski definition) is 4. The highest BCUT2D eigenvalue weighted by atomic mass is 79.9. The molecule has 0 fully saturated rings. The Kier molecular flexibility index (Phi) is 3.06. The fourth-order valence-corrected chi connectivity index (χ4v) is 2.29. The molecule has 0 amide bonds. The first-order valence-corrected chi connectivity index (χ1v) is 7.05. The highest BCUT2D eigenvalue weighted by molar-refractivity contribution is 9.08. The maximum absolute atomic E-state index is 4.52. The van der Waals surface area contributed by atoms with Gasteiger partial charge >= 0.3 is 0 Å². The third-order valence-corrected chi connectivity index (χ3v) is 3.43. The molecule has 0 N–H and O–H groups in total. The van der Waals surface area contributed by atoms with Crippen LogP contribution in [0, 0.1) is 13.8 Å². The van der Waals surface area contributed by atoms with Crippen molar-refractivity contribution in [2.75, 3.05) is 0 Å². The molecule has 7 heteroatoms. The summed E-state index contributed by atoms with van der Waals surface area (Å²) >= 11 is 3.36. The Bertz CT molecular complexity index is 729. The zero-order chi connectivity index (χ0) is 13.4. The summed E-state index contributed by atoms with van der Waals surface area (Å²) in [5, 5.41) is 8.80. The van der Waals surface area contributed by atoms with E-state index in [1.54, 1.807) is 4.68 Å². The molecule has 0 saturated heterocycles. The van der Waals surface area contributed by atoms with Gasteiger partial charge in [-0.3, -0.25) is 4.40 Å². The highest BCUT2D eigenvalue weighted by Gasteiger charge is 2.07. The molecule has 3 aromatic heterocycles. The molecule has 0 spiro atoms. The van der Waals surface area contributed by atoms with Gasteiger partial charge in [0.25, 0.3) is 0 Å². The van der Waals surface area contributed by atoms with Crippen molar-refractivity contribution >= 4 is 21.7 Å². The number of aryl methyl sites for hydroxylation is 2. The number of rotatable bonds is 3. The lowest BCUT2D eigenvalue weighted by Crippen LogP contribution is -2.00. The molecule has 3 aromatic rings. The average Bonchev–Trinajstić information content (AvgIpc) is 2.96. The van der Waals surface area contributed by atoms with E-state index in [2.05, 4.69) is 36.2 Å². The quantitative estimate of drug-likeness (QED) is 0.691. The van der Waals surface area contributed by atoms with Crippen molar-refractivity contribution in [3.8, 4) is 0 Å². The van der Waals surface area contributed by atoms with Crippen LogP contribution in [-0.4, -0.2) is 29.4 Å². The lowest BCUT2D eigenvalue weighted by atomic mass is 10.3. The van der Waals surface area contributed by atoms with Gasteiger partial charge in [0, 0.05) is 29.1 Å². The third kappa shape index (κ3) is 2.37. The van der Waals surface area contributed by atoms with E-state index < -0.39 is 0 Å². The average molecular weight is 321 g/mol. The second kappa shape index (κ2) is 4.73. The van der Waals surface area contributed by atoms with Gasteiger partial charge in [-0.2, -0.15) is 0 Å². The van der Waals surface area contributed by atoms with Crippen molar-refractivity contribution in [3.05, 3.63) is 41.2 Å². The fourth-order valence-electron chi connectivity index (χ4n) is 2.04. The molecule has 0 atom stereocenters. The summed E-state index contributed by atoms with van der Waals surface area (Å²) in [7, 11) is 0. The van der Waals surface area contributed by atoms with Crippen molar-refractivity contribution in [1.29, 1.82) is 0 Å². The van der Waals surface area contributed by atoms with E-state index >= 15 is 0 Å². The molecule has 0 aliphatic heterocycles. The van der Waals surface area contributed by atoms with Gasteiger partial charge in [0.15, 0.2) is 0 Å². The SMILES string of the molecule is Cc1cc(C)n2cc(Cn3cc(CBr)nn3)nc2n1. The molecule has 0 saturated carbocycles. The van der Waals surface area contributed by atoms with Crippen molar-refractivity contribution in [3.63, 3.8) is 0 Å². The summed E-state index contributed by atoms with van der Waals surface area (Å²) in [6.45, 7) is 4.62. The number of alkyl halides is 1. The van der Waals surface area contributed by atoms with E-state index in [0.717, 1.165) is 28.6 Å². The smallest absolute Gasteiger partial charge is 0.234 e. The molecule has 98 valence electrons. The first-order chi connectivity index (χ1) is 9.15. The molecule has 6 nitrogen and oxygen atoms in total. The van der Waals surface area contributed by atoms with Crippen molar-refractivity contribution < 1.29 is 0 Å². The normalized spacial score (nSPS) is 11.3. The topological polar surface area (TPSA) is 60.9 Å². The summed E-state index contributed by atoms with van der Waals surface area (Å²) in [5.74, 6) is 0.730. The molecule has 0 bridgehead atoms. The van der Waals surface area contributed by atoms with E-state index in [4.69, 9.17) is 0 Å². The summed E-state index contributed by atoms with van der Waals surface area (Å²) in [4.78, 5) is 8.94. The minimum atomic E-state index is 0.599.